The van der Waals surface area contributed by atoms with Crippen LogP contribution in [0.3, 0.4) is 0 Å². The average molecular weight is 344 g/mol. The molecule has 2 saturated carbocycles. The molecule has 1 aromatic rings. The molecule has 0 aromatic heterocycles. The summed E-state index contributed by atoms with van der Waals surface area (Å²) in [6.45, 7) is 0.782. The van der Waals surface area contributed by atoms with Crippen LogP contribution >= 0.6 is 12.4 Å². The van der Waals surface area contributed by atoms with Crippen LogP contribution in [0.1, 0.15) is 31.2 Å². The monoisotopic (exact) mass is 343 g/mol. The number of halogens is 2. The fraction of sp³-hybridized carbons (Fsp3) is 0.667. The van der Waals surface area contributed by atoms with Crippen molar-refractivity contribution in [3.8, 4) is 5.75 Å². The predicted molar refractivity (Wildman–Crippen MR) is 91.6 cm³/mol. The molecule has 2 aliphatic rings. The molecular weight excluding hydrogens is 317 g/mol. The Morgan fingerprint density at radius 3 is 2.74 bits per heavy atom. The van der Waals surface area contributed by atoms with E-state index in [0.29, 0.717) is 23.8 Å². The van der Waals surface area contributed by atoms with E-state index in [1.165, 1.54) is 13.5 Å². The zero-order chi connectivity index (χ0) is 15.9. The molecule has 4 unspecified atom stereocenters. The molecule has 1 N–H and O–H groups in total. The van der Waals surface area contributed by atoms with Crippen LogP contribution in [0.15, 0.2) is 18.2 Å². The molecule has 2 aliphatic carbocycles. The Hall–Kier alpha value is -0.840. The first-order chi connectivity index (χ1) is 10.5. The summed E-state index contributed by atoms with van der Waals surface area (Å²) >= 11 is 0. The number of rotatable bonds is 4. The second-order valence-electron chi connectivity index (χ2n) is 7.26. The Kier molecular flexibility index (Phi) is 5.59. The summed E-state index contributed by atoms with van der Waals surface area (Å²) in [5.41, 5.74) is -0.678. The van der Waals surface area contributed by atoms with Gasteiger partial charge < -0.3 is 14.7 Å². The molecule has 5 heteroatoms. The Balaban J connectivity index is 0.00000192. The molecule has 3 rings (SSSR count). The molecule has 0 aliphatic heterocycles. The van der Waals surface area contributed by atoms with Gasteiger partial charge in [0, 0.05) is 18.0 Å². The predicted octanol–water partition coefficient (Wildman–Crippen LogP) is 3.44. The van der Waals surface area contributed by atoms with Crippen LogP contribution in [0.25, 0.3) is 0 Å². The lowest BCUT2D eigenvalue weighted by Crippen LogP contribution is -2.48. The molecule has 2 bridgehead atoms. The van der Waals surface area contributed by atoms with E-state index in [9.17, 15) is 9.50 Å². The third-order valence-corrected chi connectivity index (χ3v) is 5.58. The molecule has 1 aromatic carbocycles. The van der Waals surface area contributed by atoms with Gasteiger partial charge in [0.05, 0.1) is 12.7 Å². The number of aliphatic hydroxyl groups is 1. The van der Waals surface area contributed by atoms with Crippen LogP contribution in [0, 0.1) is 23.6 Å². The van der Waals surface area contributed by atoms with Crippen molar-refractivity contribution in [2.75, 3.05) is 27.7 Å². The maximum atomic E-state index is 14.8. The number of nitrogens with zero attached hydrogens (tertiary/aromatic N) is 1. The molecule has 0 spiro atoms. The number of benzene rings is 1. The largest absolute Gasteiger partial charge is 0.494 e. The first kappa shape index (κ1) is 18.5. The maximum Gasteiger partial charge on any atom is 0.171 e. The summed E-state index contributed by atoms with van der Waals surface area (Å²) in [5, 5.41) is 11.5. The van der Waals surface area contributed by atoms with Gasteiger partial charge in [-0.3, -0.25) is 0 Å². The van der Waals surface area contributed by atoms with Crippen molar-refractivity contribution in [3.63, 3.8) is 0 Å². The van der Waals surface area contributed by atoms with Crippen LogP contribution in [0.4, 0.5) is 4.39 Å². The summed E-state index contributed by atoms with van der Waals surface area (Å²) in [6.07, 6.45) is 4.14. The second kappa shape index (κ2) is 6.96. The van der Waals surface area contributed by atoms with Gasteiger partial charge in [-0.1, -0.05) is 18.6 Å². The molecule has 0 amide bonds. The number of fused-ring (bicyclic) bond motifs is 2. The maximum absolute atomic E-state index is 14.8. The Bertz CT molecular complexity index is 554. The highest BCUT2D eigenvalue weighted by molar-refractivity contribution is 5.85. The van der Waals surface area contributed by atoms with Crippen molar-refractivity contribution in [3.05, 3.63) is 29.6 Å². The normalized spacial score (nSPS) is 32.7. The lowest BCUT2D eigenvalue weighted by Gasteiger charge is -2.45. The minimum absolute atomic E-state index is 0. The van der Waals surface area contributed by atoms with Crippen molar-refractivity contribution in [2.24, 2.45) is 17.8 Å². The van der Waals surface area contributed by atoms with Gasteiger partial charge >= 0.3 is 0 Å². The summed E-state index contributed by atoms with van der Waals surface area (Å²) < 4.78 is 19.9. The number of ether oxygens (including phenoxy) is 1. The summed E-state index contributed by atoms with van der Waals surface area (Å²) in [4.78, 5) is 2.10. The third kappa shape index (κ3) is 3.21. The van der Waals surface area contributed by atoms with E-state index in [1.54, 1.807) is 18.2 Å². The van der Waals surface area contributed by atoms with Gasteiger partial charge in [-0.25, -0.2) is 4.39 Å². The van der Waals surface area contributed by atoms with E-state index in [1.807, 2.05) is 14.1 Å². The summed E-state index contributed by atoms with van der Waals surface area (Å²) in [6, 6.07) is 5.12. The quantitative estimate of drug-likeness (QED) is 0.909. The fourth-order valence-electron chi connectivity index (χ4n) is 4.65. The van der Waals surface area contributed by atoms with E-state index in [4.69, 9.17) is 4.74 Å². The Labute approximate surface area is 144 Å². The SMILES string of the molecule is COc1cccc(C2(O)CC3CCC(C3)C2CN(C)C)c1F.Cl. The molecule has 23 heavy (non-hydrogen) atoms. The zero-order valence-corrected chi connectivity index (χ0v) is 14.9. The van der Waals surface area contributed by atoms with Gasteiger partial charge in [0.15, 0.2) is 11.6 Å². The minimum Gasteiger partial charge on any atom is -0.494 e. The molecule has 4 atom stereocenters. The molecule has 3 nitrogen and oxygen atoms in total. The van der Waals surface area contributed by atoms with Crippen LogP contribution in [0.2, 0.25) is 0 Å². The molecule has 0 heterocycles. The van der Waals surface area contributed by atoms with Gasteiger partial charge in [-0.05, 0) is 51.3 Å². The van der Waals surface area contributed by atoms with Crippen molar-refractivity contribution in [1.29, 1.82) is 0 Å². The van der Waals surface area contributed by atoms with Crippen LogP contribution in [-0.4, -0.2) is 37.8 Å². The number of hydrogen-bond donors (Lipinski definition) is 1. The van der Waals surface area contributed by atoms with Gasteiger partial charge in [0.2, 0.25) is 0 Å². The van der Waals surface area contributed by atoms with Crippen LogP contribution in [-0.2, 0) is 5.60 Å². The van der Waals surface area contributed by atoms with Gasteiger partial charge in [-0.2, -0.15) is 0 Å². The van der Waals surface area contributed by atoms with E-state index in [2.05, 4.69) is 4.90 Å². The van der Waals surface area contributed by atoms with E-state index >= 15 is 0 Å². The average Bonchev–Trinajstić information content (AvgIpc) is 2.87. The lowest BCUT2D eigenvalue weighted by atomic mass is 9.65. The lowest BCUT2D eigenvalue weighted by molar-refractivity contribution is -0.0914. The van der Waals surface area contributed by atoms with Crippen LogP contribution < -0.4 is 4.74 Å². The number of methoxy groups -OCH3 is 1. The fourth-order valence-corrected chi connectivity index (χ4v) is 4.65. The zero-order valence-electron chi connectivity index (χ0n) is 14.1. The van der Waals surface area contributed by atoms with Crippen molar-refractivity contribution >= 4 is 12.4 Å². The number of hydrogen-bond acceptors (Lipinski definition) is 3. The van der Waals surface area contributed by atoms with Gasteiger partial charge in [-0.15, -0.1) is 12.4 Å². The Morgan fingerprint density at radius 1 is 1.35 bits per heavy atom. The molecule has 2 fully saturated rings. The third-order valence-electron chi connectivity index (χ3n) is 5.58. The highest BCUT2D eigenvalue weighted by Crippen LogP contribution is 2.55. The molecule has 130 valence electrons. The summed E-state index contributed by atoms with van der Waals surface area (Å²) in [5.74, 6) is 0.878. The first-order valence-electron chi connectivity index (χ1n) is 8.15. The second-order valence-corrected chi connectivity index (χ2v) is 7.26. The highest BCUT2D eigenvalue weighted by Gasteiger charge is 2.52. The minimum atomic E-state index is -1.09. The van der Waals surface area contributed by atoms with E-state index in [-0.39, 0.29) is 24.1 Å². The van der Waals surface area contributed by atoms with E-state index in [0.717, 1.165) is 19.4 Å². The smallest absolute Gasteiger partial charge is 0.171 e. The molecular formula is C18H27ClFNO2. The van der Waals surface area contributed by atoms with Crippen molar-refractivity contribution in [2.45, 2.75) is 31.3 Å². The standard InChI is InChI=1S/C18H26FNO2.ClH/c1-20(2)11-15-13-8-7-12(9-13)10-18(15,21)14-5-4-6-16(22-3)17(14)19;/h4-6,12-13,15,21H,7-11H2,1-3H3;1H. The topological polar surface area (TPSA) is 32.7 Å². The van der Waals surface area contributed by atoms with E-state index < -0.39 is 11.4 Å². The van der Waals surface area contributed by atoms with Crippen molar-refractivity contribution in [1.82, 2.24) is 4.90 Å². The van der Waals surface area contributed by atoms with Crippen molar-refractivity contribution < 1.29 is 14.2 Å². The van der Waals surface area contributed by atoms with Crippen LogP contribution in [0.5, 0.6) is 5.75 Å². The van der Waals surface area contributed by atoms with Gasteiger partial charge in [0.25, 0.3) is 0 Å². The highest BCUT2D eigenvalue weighted by atomic mass is 35.5. The molecule has 0 radical (unpaired) electrons. The van der Waals surface area contributed by atoms with Gasteiger partial charge in [0.1, 0.15) is 0 Å². The Morgan fingerprint density at radius 2 is 2.09 bits per heavy atom. The molecule has 0 saturated heterocycles. The first-order valence-corrected chi connectivity index (χ1v) is 8.15. The summed E-state index contributed by atoms with van der Waals surface area (Å²) in [7, 11) is 5.50.